The van der Waals surface area contributed by atoms with Crippen molar-refractivity contribution in [3.63, 3.8) is 0 Å². The number of aromatic nitrogens is 3. The number of rotatable bonds is 2. The lowest BCUT2D eigenvalue weighted by Crippen LogP contribution is -2.21. The van der Waals surface area contributed by atoms with Crippen molar-refractivity contribution >= 4 is 35.0 Å². The van der Waals surface area contributed by atoms with E-state index in [1.165, 1.54) is 21.9 Å². The summed E-state index contributed by atoms with van der Waals surface area (Å²) in [5.74, 6) is 0. The largest absolute Gasteiger partial charge is 0.361 e. The van der Waals surface area contributed by atoms with Crippen LogP contribution < -0.4 is 10.7 Å². The molecule has 29 heavy (non-hydrogen) atoms. The number of fused-ring (bicyclic) bond motifs is 2. The molecule has 2 aromatic carbocycles. The van der Waals surface area contributed by atoms with Crippen LogP contribution in [0.4, 0.5) is 0 Å². The molecular weight excluding hydrogens is 354 g/mol. The van der Waals surface area contributed by atoms with Gasteiger partial charge in [-0.1, -0.05) is 63.4 Å². The number of para-hydroxylation sites is 2. The van der Waals surface area contributed by atoms with E-state index in [0.29, 0.717) is 0 Å². The Morgan fingerprint density at radius 2 is 1.34 bits per heavy atom. The fourth-order valence-electron chi connectivity index (χ4n) is 4.22. The summed E-state index contributed by atoms with van der Waals surface area (Å²) in [6.45, 7) is 14.9. The molecule has 0 spiro atoms. The molecule has 3 nitrogen and oxygen atoms in total. The molecule has 0 fully saturated rings. The maximum Gasteiger partial charge on any atom is 0.0462 e. The molecule has 2 N–H and O–H groups in total. The first-order chi connectivity index (χ1) is 14.1. The number of benzene rings is 2. The van der Waals surface area contributed by atoms with Crippen molar-refractivity contribution in [2.75, 3.05) is 0 Å². The molecule has 0 aliphatic heterocycles. The van der Waals surface area contributed by atoms with Crippen molar-refractivity contribution in [1.29, 1.82) is 0 Å². The van der Waals surface area contributed by atoms with Gasteiger partial charge in [-0.2, -0.15) is 0 Å². The predicted octanol–water partition coefficient (Wildman–Crippen LogP) is 5.48. The molecule has 0 amide bonds. The summed E-state index contributed by atoms with van der Waals surface area (Å²) in [5.41, 5.74) is 8.09. The molecule has 3 aromatic heterocycles. The van der Waals surface area contributed by atoms with Crippen molar-refractivity contribution in [2.24, 2.45) is 7.05 Å². The Kier molecular flexibility index (Phi) is 4.67. The highest BCUT2D eigenvalue weighted by Crippen LogP contribution is 2.37. The maximum absolute atomic E-state index is 4.39. The standard InChI is InChI=1S/C24H21N3.C2H6/c1-14-22(18-10-6-8-12-21(18)26-14)24-16(3)27(4)15(2)23(24)19-13-25-20-11-7-5-9-17(19)20;1-2/h5-13,25-26H,2-3H2,1,4H3;1-2H3. The number of aryl methyl sites for hydroxylation is 1. The Labute approximate surface area is 171 Å². The SMILES string of the molecule is C=c1c(-c2c[nH]c3ccccc23)c(-c2c(C)[nH]c3ccccc23)c(=C)n1C.CC. The first-order valence-corrected chi connectivity index (χ1v) is 10.1. The molecule has 0 aliphatic rings. The Morgan fingerprint density at radius 3 is 2.07 bits per heavy atom. The van der Waals surface area contributed by atoms with E-state index in [1.54, 1.807) is 0 Å². The lowest BCUT2D eigenvalue weighted by Gasteiger charge is -2.05. The molecule has 0 aliphatic carbocycles. The van der Waals surface area contributed by atoms with E-state index in [-0.39, 0.29) is 0 Å². The number of aromatic amines is 2. The molecule has 0 atom stereocenters. The van der Waals surface area contributed by atoms with Crippen molar-refractivity contribution < 1.29 is 0 Å². The quantitative estimate of drug-likeness (QED) is 0.406. The zero-order valence-electron chi connectivity index (χ0n) is 17.6. The Hall–Kier alpha value is -3.46. The third-order valence-corrected chi connectivity index (χ3v) is 5.64. The van der Waals surface area contributed by atoms with Crippen LogP contribution in [-0.4, -0.2) is 14.5 Å². The van der Waals surface area contributed by atoms with E-state index in [1.807, 2.05) is 20.9 Å². The molecule has 0 unspecified atom stereocenters. The Balaban J connectivity index is 0.000000994. The van der Waals surface area contributed by atoms with Crippen LogP contribution in [0, 0.1) is 6.92 Å². The van der Waals surface area contributed by atoms with Crippen LogP contribution in [-0.2, 0) is 7.05 Å². The number of hydrogen-bond donors (Lipinski definition) is 2. The molecule has 5 rings (SSSR count). The minimum atomic E-state index is 0.976. The number of nitrogens with one attached hydrogen (secondary N) is 2. The summed E-state index contributed by atoms with van der Waals surface area (Å²) in [4.78, 5) is 6.93. The van der Waals surface area contributed by atoms with Crippen molar-refractivity contribution in [2.45, 2.75) is 20.8 Å². The number of H-pyrrole nitrogens is 2. The van der Waals surface area contributed by atoms with Gasteiger partial charge < -0.3 is 14.5 Å². The van der Waals surface area contributed by atoms with Crippen LogP contribution in [0.3, 0.4) is 0 Å². The highest BCUT2D eigenvalue weighted by atomic mass is 14.9. The minimum absolute atomic E-state index is 0.976. The van der Waals surface area contributed by atoms with Gasteiger partial charge in [0.25, 0.3) is 0 Å². The second kappa shape index (κ2) is 7.17. The summed E-state index contributed by atoms with van der Waals surface area (Å²) in [6, 6.07) is 16.8. The molecule has 5 aromatic rings. The monoisotopic (exact) mass is 381 g/mol. The van der Waals surface area contributed by atoms with Crippen LogP contribution >= 0.6 is 0 Å². The van der Waals surface area contributed by atoms with E-state index in [4.69, 9.17) is 0 Å². The third kappa shape index (κ3) is 2.73. The number of hydrogen-bond acceptors (Lipinski definition) is 0. The lowest BCUT2D eigenvalue weighted by atomic mass is 9.95. The highest BCUT2D eigenvalue weighted by molar-refractivity contribution is 6.05. The second-order valence-corrected chi connectivity index (χ2v) is 7.12. The molecule has 3 heteroatoms. The lowest BCUT2D eigenvalue weighted by molar-refractivity contribution is 0.866. The van der Waals surface area contributed by atoms with Crippen molar-refractivity contribution in [3.8, 4) is 22.3 Å². The summed E-state index contributed by atoms with van der Waals surface area (Å²) in [5, 5.41) is 4.37. The van der Waals surface area contributed by atoms with Gasteiger partial charge in [0, 0.05) is 73.7 Å². The van der Waals surface area contributed by atoms with Crippen LogP contribution in [0.25, 0.3) is 57.2 Å². The van der Waals surface area contributed by atoms with Gasteiger partial charge in [-0.25, -0.2) is 0 Å². The van der Waals surface area contributed by atoms with E-state index in [9.17, 15) is 0 Å². The van der Waals surface area contributed by atoms with Gasteiger partial charge in [0.2, 0.25) is 0 Å². The smallest absolute Gasteiger partial charge is 0.0462 e. The van der Waals surface area contributed by atoms with E-state index < -0.39 is 0 Å². The summed E-state index contributed by atoms with van der Waals surface area (Å²) in [6.07, 6.45) is 2.09. The van der Waals surface area contributed by atoms with Crippen molar-refractivity contribution in [1.82, 2.24) is 14.5 Å². The molecule has 0 saturated heterocycles. The average molecular weight is 382 g/mol. The van der Waals surface area contributed by atoms with Gasteiger partial charge in [-0.15, -0.1) is 0 Å². The third-order valence-electron chi connectivity index (χ3n) is 5.64. The highest BCUT2D eigenvalue weighted by Gasteiger charge is 2.21. The van der Waals surface area contributed by atoms with E-state index in [0.717, 1.165) is 38.6 Å². The molecule has 0 saturated carbocycles. The molecule has 0 radical (unpaired) electrons. The van der Waals surface area contributed by atoms with Crippen molar-refractivity contribution in [3.05, 3.63) is 71.1 Å². The first-order valence-electron chi connectivity index (χ1n) is 10.1. The van der Waals surface area contributed by atoms with E-state index >= 15 is 0 Å². The summed E-state index contributed by atoms with van der Waals surface area (Å²) < 4.78 is 2.09. The molecular formula is C26H27N3. The summed E-state index contributed by atoms with van der Waals surface area (Å²) >= 11 is 0. The molecule has 146 valence electrons. The Morgan fingerprint density at radius 1 is 0.759 bits per heavy atom. The van der Waals surface area contributed by atoms with Gasteiger partial charge in [-0.05, 0) is 19.1 Å². The average Bonchev–Trinajstić information content (AvgIpc) is 3.38. The Bertz CT molecular complexity index is 1430. The second-order valence-electron chi connectivity index (χ2n) is 7.12. The van der Waals surface area contributed by atoms with E-state index in [2.05, 4.69) is 89.3 Å². The van der Waals surface area contributed by atoms with Gasteiger partial charge in [-0.3, -0.25) is 0 Å². The topological polar surface area (TPSA) is 36.5 Å². The fraction of sp³-hybridized carbons (Fsp3) is 0.154. The van der Waals surface area contributed by atoms with Gasteiger partial charge in [0.05, 0.1) is 0 Å². The normalized spacial score (nSPS) is 11.0. The summed E-state index contributed by atoms with van der Waals surface area (Å²) in [7, 11) is 2.04. The predicted molar refractivity (Wildman–Crippen MR) is 126 cm³/mol. The van der Waals surface area contributed by atoms with Gasteiger partial charge in [0.15, 0.2) is 0 Å². The fourth-order valence-corrected chi connectivity index (χ4v) is 4.22. The minimum Gasteiger partial charge on any atom is -0.361 e. The molecule has 0 bridgehead atoms. The maximum atomic E-state index is 4.39. The van der Waals surface area contributed by atoms with Gasteiger partial charge >= 0.3 is 0 Å². The molecule has 3 heterocycles. The van der Waals surface area contributed by atoms with Crippen LogP contribution in [0.5, 0.6) is 0 Å². The zero-order chi connectivity index (χ0) is 20.7. The van der Waals surface area contributed by atoms with Crippen LogP contribution in [0.2, 0.25) is 0 Å². The van der Waals surface area contributed by atoms with Crippen LogP contribution in [0.15, 0.2) is 54.7 Å². The zero-order valence-corrected chi connectivity index (χ0v) is 17.6. The van der Waals surface area contributed by atoms with Gasteiger partial charge in [0.1, 0.15) is 0 Å². The first kappa shape index (κ1) is 18.9. The number of nitrogens with zero attached hydrogens (tertiary/aromatic N) is 1. The van der Waals surface area contributed by atoms with Crippen LogP contribution in [0.1, 0.15) is 19.5 Å².